The van der Waals surface area contributed by atoms with Crippen molar-refractivity contribution in [3.8, 4) is 0 Å². The normalized spacial score (nSPS) is 14.2. The maximum absolute atomic E-state index is 13.0. The molecule has 2 N–H and O–H groups in total. The summed E-state index contributed by atoms with van der Waals surface area (Å²) in [6.45, 7) is 0. The third kappa shape index (κ3) is 3.76. The second-order valence-electron chi connectivity index (χ2n) is 3.46. The van der Waals surface area contributed by atoms with E-state index in [1.165, 1.54) is 19.2 Å². The Morgan fingerprint density at radius 2 is 2.18 bits per heavy atom. The zero-order valence-electron chi connectivity index (χ0n) is 9.06. The molecule has 0 aliphatic rings. The first-order chi connectivity index (χ1) is 7.95. The van der Waals surface area contributed by atoms with Crippen molar-refractivity contribution < 1.29 is 24.1 Å². The van der Waals surface area contributed by atoms with Crippen LogP contribution in [0.25, 0.3) is 0 Å². The minimum atomic E-state index is -1.36. The standard InChI is InChI=1S/C11H12BrFO4/c1-17-10(15)5-9(14)11(16)7-4-6(13)2-3-8(7)12/h2-4,9,11,14,16H,5H2,1H3. The summed E-state index contributed by atoms with van der Waals surface area (Å²) in [7, 11) is 1.18. The van der Waals surface area contributed by atoms with Crippen LogP contribution in [0.15, 0.2) is 22.7 Å². The van der Waals surface area contributed by atoms with E-state index in [0.29, 0.717) is 4.47 Å². The molecule has 2 atom stereocenters. The summed E-state index contributed by atoms with van der Waals surface area (Å²) in [4.78, 5) is 10.9. The largest absolute Gasteiger partial charge is 0.469 e. The molecule has 1 rings (SSSR count). The average Bonchev–Trinajstić information content (AvgIpc) is 2.31. The molecule has 0 fully saturated rings. The second-order valence-corrected chi connectivity index (χ2v) is 4.31. The van der Waals surface area contributed by atoms with Crippen molar-refractivity contribution in [1.29, 1.82) is 0 Å². The summed E-state index contributed by atoms with van der Waals surface area (Å²) in [6, 6.07) is 3.72. The lowest BCUT2D eigenvalue weighted by molar-refractivity contribution is -0.144. The zero-order chi connectivity index (χ0) is 13.0. The Kier molecular flexibility index (Phi) is 5.04. The van der Waals surface area contributed by atoms with E-state index >= 15 is 0 Å². The number of ether oxygens (including phenoxy) is 1. The summed E-state index contributed by atoms with van der Waals surface area (Å²) >= 11 is 3.13. The third-order valence-electron chi connectivity index (χ3n) is 2.24. The van der Waals surface area contributed by atoms with Gasteiger partial charge in [-0.15, -0.1) is 0 Å². The van der Waals surface area contributed by atoms with Crippen molar-refractivity contribution >= 4 is 21.9 Å². The fourth-order valence-corrected chi connectivity index (χ4v) is 1.80. The number of hydrogen-bond acceptors (Lipinski definition) is 4. The first-order valence-electron chi connectivity index (χ1n) is 4.83. The summed E-state index contributed by atoms with van der Waals surface area (Å²) in [5, 5.41) is 19.4. The smallest absolute Gasteiger partial charge is 0.308 e. The van der Waals surface area contributed by atoms with Gasteiger partial charge in [0.2, 0.25) is 0 Å². The van der Waals surface area contributed by atoms with E-state index in [9.17, 15) is 19.4 Å². The molecule has 0 bridgehead atoms. The molecule has 0 saturated carbocycles. The summed E-state index contributed by atoms with van der Waals surface area (Å²) in [6.07, 6.45) is -3.07. The number of aliphatic hydroxyl groups is 2. The van der Waals surface area contributed by atoms with Crippen LogP contribution in [0.5, 0.6) is 0 Å². The Hall–Kier alpha value is -0.980. The molecule has 94 valence electrons. The molecule has 0 heterocycles. The van der Waals surface area contributed by atoms with Crippen LogP contribution in [0.1, 0.15) is 18.1 Å². The number of methoxy groups -OCH3 is 1. The molecule has 0 aliphatic carbocycles. The van der Waals surface area contributed by atoms with Gasteiger partial charge in [-0.05, 0) is 18.2 Å². The van der Waals surface area contributed by atoms with Crippen molar-refractivity contribution in [3.05, 3.63) is 34.1 Å². The van der Waals surface area contributed by atoms with Gasteiger partial charge >= 0.3 is 5.97 Å². The molecule has 0 radical (unpaired) electrons. The van der Waals surface area contributed by atoms with Gasteiger partial charge in [-0.25, -0.2) is 4.39 Å². The minimum Gasteiger partial charge on any atom is -0.469 e. The van der Waals surface area contributed by atoms with Crippen LogP contribution in [0, 0.1) is 5.82 Å². The number of hydrogen-bond donors (Lipinski definition) is 2. The molecule has 6 heteroatoms. The topological polar surface area (TPSA) is 66.8 Å². The van der Waals surface area contributed by atoms with Gasteiger partial charge in [-0.1, -0.05) is 15.9 Å². The predicted octanol–water partition coefficient (Wildman–Crippen LogP) is 1.55. The highest BCUT2D eigenvalue weighted by Gasteiger charge is 2.23. The first-order valence-corrected chi connectivity index (χ1v) is 5.63. The first kappa shape index (κ1) is 14.1. The fraction of sp³-hybridized carbons (Fsp3) is 0.364. The molecule has 1 aromatic carbocycles. The fourth-order valence-electron chi connectivity index (χ4n) is 1.31. The number of carbonyl (C=O) groups is 1. The van der Waals surface area contributed by atoms with Gasteiger partial charge in [0.25, 0.3) is 0 Å². The van der Waals surface area contributed by atoms with Crippen molar-refractivity contribution in [2.24, 2.45) is 0 Å². The van der Waals surface area contributed by atoms with E-state index in [1.807, 2.05) is 0 Å². The van der Waals surface area contributed by atoms with Crippen molar-refractivity contribution in [3.63, 3.8) is 0 Å². The minimum absolute atomic E-state index is 0.182. The SMILES string of the molecule is COC(=O)CC(O)C(O)c1cc(F)ccc1Br. The number of benzene rings is 1. The maximum Gasteiger partial charge on any atom is 0.308 e. The summed E-state index contributed by atoms with van der Waals surface area (Å²) in [5.74, 6) is -1.18. The number of esters is 1. The van der Waals surface area contributed by atoms with Crippen LogP contribution >= 0.6 is 15.9 Å². The molecular formula is C11H12BrFO4. The Balaban J connectivity index is 2.84. The van der Waals surface area contributed by atoms with Gasteiger partial charge < -0.3 is 14.9 Å². The van der Waals surface area contributed by atoms with Crippen LogP contribution in [0.4, 0.5) is 4.39 Å². The van der Waals surface area contributed by atoms with Crippen molar-refractivity contribution in [2.45, 2.75) is 18.6 Å². The Morgan fingerprint density at radius 3 is 2.76 bits per heavy atom. The number of aliphatic hydroxyl groups excluding tert-OH is 2. The third-order valence-corrected chi connectivity index (χ3v) is 2.97. The van der Waals surface area contributed by atoms with Crippen LogP contribution < -0.4 is 0 Å². The highest BCUT2D eigenvalue weighted by Crippen LogP contribution is 2.27. The van der Waals surface area contributed by atoms with Crippen LogP contribution in [0.3, 0.4) is 0 Å². The van der Waals surface area contributed by atoms with E-state index < -0.39 is 24.0 Å². The summed E-state index contributed by atoms with van der Waals surface area (Å²) < 4.78 is 17.8. The summed E-state index contributed by atoms with van der Waals surface area (Å²) in [5.41, 5.74) is 0.182. The van der Waals surface area contributed by atoms with E-state index in [0.717, 1.165) is 6.07 Å². The van der Waals surface area contributed by atoms with Gasteiger partial charge in [-0.2, -0.15) is 0 Å². The highest BCUT2D eigenvalue weighted by molar-refractivity contribution is 9.10. The van der Waals surface area contributed by atoms with Crippen LogP contribution in [0.2, 0.25) is 0 Å². The zero-order valence-corrected chi connectivity index (χ0v) is 10.6. The average molecular weight is 307 g/mol. The molecule has 17 heavy (non-hydrogen) atoms. The van der Waals surface area contributed by atoms with Crippen LogP contribution in [-0.4, -0.2) is 29.4 Å². The van der Waals surface area contributed by atoms with Gasteiger partial charge in [0, 0.05) is 10.0 Å². The van der Waals surface area contributed by atoms with Crippen molar-refractivity contribution in [2.75, 3.05) is 7.11 Å². The molecule has 0 amide bonds. The highest BCUT2D eigenvalue weighted by atomic mass is 79.9. The Bertz CT molecular complexity index is 410. The van der Waals surface area contributed by atoms with E-state index in [1.54, 1.807) is 0 Å². The lowest BCUT2D eigenvalue weighted by Crippen LogP contribution is -2.23. The van der Waals surface area contributed by atoms with Crippen LogP contribution in [-0.2, 0) is 9.53 Å². The van der Waals surface area contributed by atoms with Gasteiger partial charge in [-0.3, -0.25) is 4.79 Å². The quantitative estimate of drug-likeness (QED) is 0.828. The molecule has 4 nitrogen and oxygen atoms in total. The molecule has 1 aromatic rings. The second kappa shape index (κ2) is 6.09. The number of carbonyl (C=O) groups excluding carboxylic acids is 1. The van der Waals surface area contributed by atoms with Gasteiger partial charge in [0.05, 0.1) is 19.6 Å². The van der Waals surface area contributed by atoms with Gasteiger partial charge in [0.1, 0.15) is 11.9 Å². The lowest BCUT2D eigenvalue weighted by atomic mass is 10.0. The van der Waals surface area contributed by atoms with E-state index in [4.69, 9.17) is 0 Å². The molecule has 0 saturated heterocycles. The number of rotatable bonds is 4. The predicted molar refractivity (Wildman–Crippen MR) is 61.7 cm³/mol. The molecular weight excluding hydrogens is 295 g/mol. The molecule has 0 aromatic heterocycles. The maximum atomic E-state index is 13.0. The Morgan fingerprint density at radius 1 is 1.53 bits per heavy atom. The van der Waals surface area contributed by atoms with Gasteiger partial charge in [0.15, 0.2) is 0 Å². The number of halogens is 2. The molecule has 0 aliphatic heterocycles. The molecule has 0 spiro atoms. The monoisotopic (exact) mass is 306 g/mol. The van der Waals surface area contributed by atoms with E-state index in [2.05, 4.69) is 20.7 Å². The van der Waals surface area contributed by atoms with Crippen molar-refractivity contribution in [1.82, 2.24) is 0 Å². The molecule has 2 unspecified atom stereocenters. The Labute approximate surface area is 106 Å². The van der Waals surface area contributed by atoms with E-state index in [-0.39, 0.29) is 12.0 Å². The lowest BCUT2D eigenvalue weighted by Gasteiger charge is -2.18.